The van der Waals surface area contributed by atoms with Gasteiger partial charge in [0.05, 0.1) is 6.54 Å². The molecule has 0 aliphatic rings. The van der Waals surface area contributed by atoms with Crippen LogP contribution in [0.5, 0.6) is 5.75 Å². The van der Waals surface area contributed by atoms with Gasteiger partial charge in [-0.2, -0.15) is 0 Å². The van der Waals surface area contributed by atoms with E-state index < -0.39 is 0 Å². The summed E-state index contributed by atoms with van der Waals surface area (Å²) in [6, 6.07) is 9.54. The van der Waals surface area contributed by atoms with Crippen LogP contribution in [0.1, 0.15) is 27.1 Å². The Labute approximate surface area is 159 Å². The van der Waals surface area contributed by atoms with Gasteiger partial charge in [-0.05, 0) is 19.1 Å². The van der Waals surface area contributed by atoms with E-state index in [0.29, 0.717) is 18.2 Å². The third-order valence-corrected chi connectivity index (χ3v) is 4.76. The first-order valence-corrected chi connectivity index (χ1v) is 9.17. The summed E-state index contributed by atoms with van der Waals surface area (Å²) in [6.07, 6.45) is 3.04. The highest BCUT2D eigenvalue weighted by Crippen LogP contribution is 2.23. The summed E-state index contributed by atoms with van der Waals surface area (Å²) in [5.74, 6) is 0.638. The lowest BCUT2D eigenvalue weighted by Gasteiger charge is -2.06. The van der Waals surface area contributed by atoms with E-state index in [9.17, 15) is 4.79 Å². The molecule has 1 amide bonds. The summed E-state index contributed by atoms with van der Waals surface area (Å²) < 4.78 is 11.1. The maximum atomic E-state index is 12.2. The maximum absolute atomic E-state index is 12.2. The minimum Gasteiger partial charge on any atom is -0.482 e. The number of ether oxygens (including phenoxy) is 1. The van der Waals surface area contributed by atoms with Gasteiger partial charge >= 0.3 is 0 Å². The molecule has 7 nitrogen and oxygen atoms in total. The third-order valence-electron chi connectivity index (χ3n) is 3.80. The second-order valence-electron chi connectivity index (χ2n) is 5.81. The van der Waals surface area contributed by atoms with Crippen LogP contribution in [-0.2, 0) is 13.2 Å². The molecule has 0 atom stereocenters. The molecule has 3 heterocycles. The molecule has 136 valence electrons. The van der Waals surface area contributed by atoms with Gasteiger partial charge in [0.1, 0.15) is 22.5 Å². The second kappa shape index (κ2) is 7.55. The Kier molecular flexibility index (Phi) is 4.80. The third kappa shape index (κ3) is 3.95. The van der Waals surface area contributed by atoms with Crippen molar-refractivity contribution in [1.29, 1.82) is 0 Å². The quantitative estimate of drug-likeness (QED) is 0.551. The minimum atomic E-state index is -0.315. The molecule has 0 fully saturated rings. The predicted octanol–water partition coefficient (Wildman–Crippen LogP) is 3.50. The number of carbonyl (C=O) groups is 1. The lowest BCUT2D eigenvalue weighted by atomic mass is 10.2. The van der Waals surface area contributed by atoms with Gasteiger partial charge in [0.2, 0.25) is 5.89 Å². The lowest BCUT2D eigenvalue weighted by Crippen LogP contribution is -2.23. The van der Waals surface area contributed by atoms with E-state index in [0.717, 1.165) is 21.6 Å². The number of amides is 1. The number of oxazole rings is 1. The zero-order valence-electron chi connectivity index (χ0n) is 14.5. The lowest BCUT2D eigenvalue weighted by molar-refractivity contribution is 0.0945. The molecule has 0 aliphatic carbocycles. The fourth-order valence-electron chi connectivity index (χ4n) is 2.54. The number of aryl methyl sites for hydroxylation is 1. The fourth-order valence-corrected chi connectivity index (χ4v) is 3.26. The van der Waals surface area contributed by atoms with Gasteiger partial charge in [0, 0.05) is 22.7 Å². The van der Waals surface area contributed by atoms with Crippen molar-refractivity contribution in [3.63, 3.8) is 0 Å². The molecular weight excluding hydrogens is 364 g/mol. The largest absolute Gasteiger partial charge is 0.482 e. The number of carbonyl (C=O) groups excluding carboxylic acids is 1. The number of fused-ring (bicyclic) bond motifs is 1. The predicted molar refractivity (Wildman–Crippen MR) is 101 cm³/mol. The van der Waals surface area contributed by atoms with Gasteiger partial charge < -0.3 is 14.5 Å². The Hall–Kier alpha value is -3.26. The fraction of sp³-hybridized carbons (Fsp3) is 0.158. The normalized spacial score (nSPS) is 10.9. The summed E-state index contributed by atoms with van der Waals surface area (Å²) in [5.41, 5.74) is 1.91. The van der Waals surface area contributed by atoms with Crippen molar-refractivity contribution in [2.24, 2.45) is 0 Å². The molecular formula is C19H16N4O3S. The van der Waals surface area contributed by atoms with Crippen LogP contribution in [0.25, 0.3) is 10.9 Å². The molecule has 0 radical (unpaired) electrons. The van der Waals surface area contributed by atoms with E-state index >= 15 is 0 Å². The van der Waals surface area contributed by atoms with Gasteiger partial charge in [-0.1, -0.05) is 18.2 Å². The maximum Gasteiger partial charge on any atom is 0.273 e. The Morgan fingerprint density at radius 2 is 2.15 bits per heavy atom. The molecule has 0 saturated heterocycles. The van der Waals surface area contributed by atoms with Crippen LogP contribution in [0, 0.1) is 6.92 Å². The van der Waals surface area contributed by atoms with Crippen molar-refractivity contribution in [3.8, 4) is 5.75 Å². The van der Waals surface area contributed by atoms with Crippen LogP contribution in [0.4, 0.5) is 0 Å². The van der Waals surface area contributed by atoms with Crippen molar-refractivity contribution >= 4 is 28.1 Å². The summed E-state index contributed by atoms with van der Waals surface area (Å²) in [6.45, 7) is 2.38. The van der Waals surface area contributed by atoms with Crippen LogP contribution in [-0.4, -0.2) is 20.9 Å². The van der Waals surface area contributed by atoms with E-state index in [1.165, 1.54) is 17.6 Å². The van der Waals surface area contributed by atoms with Crippen molar-refractivity contribution in [2.75, 3.05) is 0 Å². The molecule has 0 spiro atoms. The number of hydrogen-bond donors (Lipinski definition) is 1. The molecule has 0 aliphatic heterocycles. The summed E-state index contributed by atoms with van der Waals surface area (Å²) >= 11 is 1.50. The van der Waals surface area contributed by atoms with Gasteiger partial charge in [-0.3, -0.25) is 9.78 Å². The zero-order valence-corrected chi connectivity index (χ0v) is 15.3. The molecule has 4 rings (SSSR count). The van der Waals surface area contributed by atoms with Gasteiger partial charge in [0.15, 0.2) is 12.3 Å². The van der Waals surface area contributed by atoms with Crippen molar-refractivity contribution < 1.29 is 13.9 Å². The van der Waals surface area contributed by atoms with Gasteiger partial charge in [0.25, 0.3) is 5.91 Å². The molecule has 1 aromatic carbocycles. The Bertz CT molecular complexity index is 1080. The molecule has 27 heavy (non-hydrogen) atoms. The summed E-state index contributed by atoms with van der Waals surface area (Å²) in [7, 11) is 0. The molecule has 0 unspecified atom stereocenters. The minimum absolute atomic E-state index is 0.106. The Balaban J connectivity index is 1.38. The van der Waals surface area contributed by atoms with Crippen molar-refractivity contribution in [2.45, 2.75) is 20.1 Å². The van der Waals surface area contributed by atoms with E-state index in [2.05, 4.69) is 20.3 Å². The number of aromatic nitrogens is 3. The average Bonchev–Trinajstić information content (AvgIpc) is 3.33. The number of nitrogens with zero attached hydrogens (tertiary/aromatic N) is 3. The number of hydrogen-bond acceptors (Lipinski definition) is 7. The van der Waals surface area contributed by atoms with Crippen LogP contribution in [0.2, 0.25) is 0 Å². The molecule has 0 bridgehead atoms. The number of benzene rings is 1. The van der Waals surface area contributed by atoms with E-state index in [1.807, 2.05) is 42.6 Å². The number of nitrogens with one attached hydrogen (secondary N) is 1. The highest BCUT2D eigenvalue weighted by atomic mass is 32.1. The monoisotopic (exact) mass is 380 g/mol. The van der Waals surface area contributed by atoms with E-state index in [4.69, 9.17) is 9.15 Å². The topological polar surface area (TPSA) is 90.1 Å². The molecule has 8 heteroatoms. The van der Waals surface area contributed by atoms with Gasteiger partial charge in [-0.15, -0.1) is 11.3 Å². The number of pyridine rings is 1. The number of para-hydroxylation sites is 1. The first-order chi connectivity index (χ1) is 13.2. The van der Waals surface area contributed by atoms with Crippen LogP contribution < -0.4 is 10.1 Å². The first-order valence-electron chi connectivity index (χ1n) is 8.29. The van der Waals surface area contributed by atoms with Crippen LogP contribution >= 0.6 is 11.3 Å². The van der Waals surface area contributed by atoms with E-state index in [-0.39, 0.29) is 18.2 Å². The van der Waals surface area contributed by atoms with E-state index in [1.54, 1.807) is 6.20 Å². The molecule has 4 aromatic rings. The SMILES string of the molecule is Cc1csc(CNC(=O)c2coc(COc3cccc4cccnc34)n2)n1. The molecule has 0 saturated carbocycles. The Morgan fingerprint density at radius 1 is 1.26 bits per heavy atom. The number of thiazole rings is 1. The summed E-state index contributed by atoms with van der Waals surface area (Å²) in [4.78, 5) is 25.0. The molecule has 1 N–H and O–H groups in total. The zero-order chi connectivity index (χ0) is 18.6. The smallest absolute Gasteiger partial charge is 0.273 e. The standard InChI is InChI=1S/C19H16N4O3S/c1-12-11-27-17(22-12)8-21-19(24)14-9-26-16(23-14)10-25-15-6-2-4-13-5-3-7-20-18(13)15/h2-7,9,11H,8,10H2,1H3,(H,21,24). The number of rotatable bonds is 6. The highest BCUT2D eigenvalue weighted by molar-refractivity contribution is 7.09. The van der Waals surface area contributed by atoms with Gasteiger partial charge in [-0.25, -0.2) is 9.97 Å². The van der Waals surface area contributed by atoms with Crippen LogP contribution in [0.3, 0.4) is 0 Å². The first kappa shape index (κ1) is 17.2. The second-order valence-corrected chi connectivity index (χ2v) is 6.75. The van der Waals surface area contributed by atoms with Crippen molar-refractivity contribution in [3.05, 3.63) is 70.5 Å². The Morgan fingerprint density at radius 3 is 3.00 bits per heavy atom. The molecule has 3 aromatic heterocycles. The van der Waals surface area contributed by atoms with Crippen molar-refractivity contribution in [1.82, 2.24) is 20.3 Å². The average molecular weight is 380 g/mol. The summed E-state index contributed by atoms with van der Waals surface area (Å²) in [5, 5.41) is 6.55. The van der Waals surface area contributed by atoms with Crippen LogP contribution in [0.15, 0.2) is 52.6 Å². The highest BCUT2D eigenvalue weighted by Gasteiger charge is 2.13.